The summed E-state index contributed by atoms with van der Waals surface area (Å²) in [6.45, 7) is 7.05. The summed E-state index contributed by atoms with van der Waals surface area (Å²) in [7, 11) is 1.48. The van der Waals surface area contributed by atoms with Crippen molar-refractivity contribution in [2.75, 3.05) is 13.7 Å². The molecule has 0 aliphatic carbocycles. The number of halogens is 1. The second-order valence-corrected chi connectivity index (χ2v) is 5.68. The van der Waals surface area contributed by atoms with E-state index in [-0.39, 0.29) is 5.91 Å². The van der Waals surface area contributed by atoms with Crippen LogP contribution in [0.5, 0.6) is 5.75 Å². The van der Waals surface area contributed by atoms with Crippen molar-refractivity contribution in [2.24, 2.45) is 5.92 Å². The predicted molar refractivity (Wildman–Crippen MR) is 87.0 cm³/mol. The topological polar surface area (TPSA) is 56.2 Å². The molecule has 0 bridgehead atoms. The first-order valence-corrected chi connectivity index (χ1v) is 7.66. The number of hydrogen-bond acceptors (Lipinski definition) is 3. The number of methoxy groups -OCH3 is 1. The molecular weight excluding hydrogens is 297 g/mol. The third kappa shape index (κ3) is 3.88. The Kier molecular flexibility index (Phi) is 5.36. The standard InChI is InChI=1S/C17H22FN3O2/c1-5-21-16(17(22)19-10-11(2)3)9-15(20-21)13-7-6-12(23-4)8-14(13)18/h6-9,11H,5,10H2,1-4H3,(H,19,22). The lowest BCUT2D eigenvalue weighted by atomic mass is 10.1. The van der Waals surface area contributed by atoms with Crippen LogP contribution >= 0.6 is 0 Å². The van der Waals surface area contributed by atoms with Crippen molar-refractivity contribution < 1.29 is 13.9 Å². The minimum atomic E-state index is -0.431. The smallest absolute Gasteiger partial charge is 0.269 e. The molecule has 1 N–H and O–H groups in total. The number of nitrogens with one attached hydrogen (secondary N) is 1. The second kappa shape index (κ2) is 7.26. The number of rotatable bonds is 6. The first-order chi connectivity index (χ1) is 11.0. The summed E-state index contributed by atoms with van der Waals surface area (Å²) in [5.74, 6) is 0.166. The highest BCUT2D eigenvalue weighted by Gasteiger charge is 2.17. The van der Waals surface area contributed by atoms with Crippen molar-refractivity contribution in [1.29, 1.82) is 0 Å². The Morgan fingerprint density at radius 1 is 1.39 bits per heavy atom. The number of aryl methyl sites for hydroxylation is 1. The number of hydrogen-bond donors (Lipinski definition) is 1. The van der Waals surface area contributed by atoms with Gasteiger partial charge in [-0.05, 0) is 31.0 Å². The molecule has 0 aliphatic rings. The van der Waals surface area contributed by atoms with E-state index in [1.54, 1.807) is 22.9 Å². The van der Waals surface area contributed by atoms with Crippen LogP contribution in [0.4, 0.5) is 4.39 Å². The average molecular weight is 319 g/mol. The summed E-state index contributed by atoms with van der Waals surface area (Å²) >= 11 is 0. The van der Waals surface area contributed by atoms with Crippen molar-refractivity contribution in [3.63, 3.8) is 0 Å². The number of aromatic nitrogens is 2. The molecule has 1 heterocycles. The molecule has 1 aromatic carbocycles. The Labute approximate surface area is 135 Å². The fraction of sp³-hybridized carbons (Fsp3) is 0.412. The lowest BCUT2D eigenvalue weighted by molar-refractivity contribution is 0.0938. The lowest BCUT2D eigenvalue weighted by Crippen LogP contribution is -2.29. The molecule has 0 spiro atoms. The highest BCUT2D eigenvalue weighted by atomic mass is 19.1. The zero-order chi connectivity index (χ0) is 17.0. The van der Waals surface area contributed by atoms with Crippen LogP contribution in [0, 0.1) is 11.7 Å². The minimum absolute atomic E-state index is 0.201. The van der Waals surface area contributed by atoms with E-state index in [9.17, 15) is 9.18 Å². The third-order valence-electron chi connectivity index (χ3n) is 3.44. The van der Waals surface area contributed by atoms with E-state index >= 15 is 0 Å². The summed E-state index contributed by atoms with van der Waals surface area (Å²) in [6.07, 6.45) is 0. The summed E-state index contributed by atoms with van der Waals surface area (Å²) in [5.41, 5.74) is 1.20. The van der Waals surface area contributed by atoms with E-state index in [1.165, 1.54) is 13.2 Å². The van der Waals surface area contributed by atoms with Gasteiger partial charge in [0.2, 0.25) is 0 Å². The first kappa shape index (κ1) is 17.0. The fourth-order valence-corrected chi connectivity index (χ4v) is 2.19. The highest BCUT2D eigenvalue weighted by Crippen LogP contribution is 2.26. The van der Waals surface area contributed by atoms with E-state index < -0.39 is 5.82 Å². The Balaban J connectivity index is 2.33. The second-order valence-electron chi connectivity index (χ2n) is 5.68. The van der Waals surface area contributed by atoms with E-state index in [0.29, 0.717) is 41.7 Å². The molecule has 0 aliphatic heterocycles. The quantitative estimate of drug-likeness (QED) is 0.890. The van der Waals surface area contributed by atoms with Gasteiger partial charge in [-0.15, -0.1) is 0 Å². The molecule has 124 valence electrons. The molecule has 0 saturated heterocycles. The Morgan fingerprint density at radius 2 is 2.13 bits per heavy atom. The molecule has 0 atom stereocenters. The van der Waals surface area contributed by atoms with Gasteiger partial charge in [0.25, 0.3) is 5.91 Å². The van der Waals surface area contributed by atoms with Crippen LogP contribution in [-0.4, -0.2) is 29.3 Å². The molecule has 1 amide bonds. The SMILES string of the molecule is CCn1nc(-c2ccc(OC)cc2F)cc1C(=O)NCC(C)C. The number of benzene rings is 1. The van der Waals surface area contributed by atoms with Gasteiger partial charge in [-0.25, -0.2) is 4.39 Å². The molecule has 5 nitrogen and oxygen atoms in total. The molecule has 0 unspecified atom stereocenters. The summed E-state index contributed by atoms with van der Waals surface area (Å²) in [5, 5.41) is 7.20. The van der Waals surface area contributed by atoms with Crippen LogP contribution in [0.1, 0.15) is 31.3 Å². The zero-order valence-corrected chi connectivity index (χ0v) is 13.9. The van der Waals surface area contributed by atoms with Gasteiger partial charge in [0.05, 0.1) is 12.8 Å². The highest BCUT2D eigenvalue weighted by molar-refractivity contribution is 5.93. The van der Waals surface area contributed by atoms with Gasteiger partial charge < -0.3 is 10.1 Å². The van der Waals surface area contributed by atoms with Crippen LogP contribution in [0.15, 0.2) is 24.3 Å². The molecule has 0 fully saturated rings. The molecule has 2 aromatic rings. The zero-order valence-electron chi connectivity index (χ0n) is 13.9. The Bertz CT molecular complexity index is 695. The molecular formula is C17H22FN3O2. The number of ether oxygens (including phenoxy) is 1. The molecule has 23 heavy (non-hydrogen) atoms. The van der Waals surface area contributed by atoms with Gasteiger partial charge in [-0.2, -0.15) is 5.10 Å². The van der Waals surface area contributed by atoms with Crippen LogP contribution < -0.4 is 10.1 Å². The molecule has 1 aromatic heterocycles. The molecule has 0 radical (unpaired) electrons. The number of amides is 1. The monoisotopic (exact) mass is 319 g/mol. The summed E-state index contributed by atoms with van der Waals surface area (Å²) in [6, 6.07) is 6.19. The van der Waals surface area contributed by atoms with Crippen LogP contribution in [-0.2, 0) is 6.54 Å². The maximum absolute atomic E-state index is 14.2. The lowest BCUT2D eigenvalue weighted by Gasteiger charge is -2.08. The first-order valence-electron chi connectivity index (χ1n) is 7.66. The Hall–Kier alpha value is -2.37. The number of nitrogens with zero attached hydrogens (tertiary/aromatic N) is 2. The third-order valence-corrected chi connectivity index (χ3v) is 3.44. The van der Waals surface area contributed by atoms with Gasteiger partial charge in [0.1, 0.15) is 17.3 Å². The van der Waals surface area contributed by atoms with Crippen molar-refractivity contribution in [3.05, 3.63) is 35.8 Å². The molecule has 0 saturated carbocycles. The largest absolute Gasteiger partial charge is 0.497 e. The predicted octanol–water partition coefficient (Wildman–Crippen LogP) is 3.10. The van der Waals surface area contributed by atoms with E-state index in [1.807, 2.05) is 20.8 Å². The maximum atomic E-state index is 14.2. The maximum Gasteiger partial charge on any atom is 0.269 e. The van der Waals surface area contributed by atoms with E-state index in [2.05, 4.69) is 10.4 Å². The minimum Gasteiger partial charge on any atom is -0.497 e. The Morgan fingerprint density at radius 3 is 2.70 bits per heavy atom. The normalized spacial score (nSPS) is 10.9. The fourth-order valence-electron chi connectivity index (χ4n) is 2.19. The van der Waals surface area contributed by atoms with Crippen molar-refractivity contribution in [3.8, 4) is 17.0 Å². The number of carbonyl (C=O) groups is 1. The van der Waals surface area contributed by atoms with Gasteiger partial charge in [-0.1, -0.05) is 13.8 Å². The summed E-state index contributed by atoms with van der Waals surface area (Å²) < 4.78 is 20.8. The van der Waals surface area contributed by atoms with Gasteiger partial charge in [0, 0.05) is 24.7 Å². The van der Waals surface area contributed by atoms with Gasteiger partial charge in [0.15, 0.2) is 0 Å². The van der Waals surface area contributed by atoms with Gasteiger partial charge in [-0.3, -0.25) is 9.48 Å². The van der Waals surface area contributed by atoms with Crippen LogP contribution in [0.2, 0.25) is 0 Å². The number of carbonyl (C=O) groups excluding carboxylic acids is 1. The van der Waals surface area contributed by atoms with Crippen LogP contribution in [0.25, 0.3) is 11.3 Å². The summed E-state index contributed by atoms with van der Waals surface area (Å²) in [4.78, 5) is 12.3. The van der Waals surface area contributed by atoms with E-state index in [4.69, 9.17) is 4.74 Å². The molecule has 2 rings (SSSR count). The van der Waals surface area contributed by atoms with Gasteiger partial charge >= 0.3 is 0 Å². The van der Waals surface area contributed by atoms with Crippen molar-refractivity contribution >= 4 is 5.91 Å². The average Bonchev–Trinajstić information content (AvgIpc) is 2.96. The van der Waals surface area contributed by atoms with Crippen molar-refractivity contribution in [1.82, 2.24) is 15.1 Å². The molecule has 6 heteroatoms. The van der Waals surface area contributed by atoms with Crippen LogP contribution in [0.3, 0.4) is 0 Å². The van der Waals surface area contributed by atoms with Crippen molar-refractivity contribution in [2.45, 2.75) is 27.3 Å². The van der Waals surface area contributed by atoms with E-state index in [0.717, 1.165) is 0 Å².